The highest BCUT2D eigenvalue weighted by atomic mass is 19.1. The first-order valence-corrected chi connectivity index (χ1v) is 7.21. The Bertz CT molecular complexity index is 648. The lowest BCUT2D eigenvalue weighted by Crippen LogP contribution is -2.46. The summed E-state index contributed by atoms with van der Waals surface area (Å²) < 4.78 is 26.2. The lowest BCUT2D eigenvalue weighted by atomic mass is 9.75. The van der Waals surface area contributed by atoms with E-state index in [1.165, 1.54) is 24.3 Å². The second-order valence-electron chi connectivity index (χ2n) is 5.79. The van der Waals surface area contributed by atoms with E-state index in [9.17, 15) is 8.78 Å². The topological polar surface area (TPSA) is 18.5 Å². The molecule has 0 saturated carbocycles. The summed E-state index contributed by atoms with van der Waals surface area (Å²) in [7, 11) is 0. The van der Waals surface area contributed by atoms with Crippen LogP contribution in [-0.2, 0) is 21.0 Å². The highest BCUT2D eigenvalue weighted by Gasteiger charge is 2.49. The van der Waals surface area contributed by atoms with Gasteiger partial charge in [0.05, 0.1) is 0 Å². The van der Waals surface area contributed by atoms with Gasteiger partial charge in [-0.15, -0.1) is 0 Å². The molecular formula is C18H14F2O2. The molecule has 0 amide bonds. The molecule has 2 heterocycles. The van der Waals surface area contributed by atoms with Gasteiger partial charge in [0.2, 0.25) is 0 Å². The van der Waals surface area contributed by atoms with E-state index < -0.39 is 11.2 Å². The van der Waals surface area contributed by atoms with Crippen molar-refractivity contribution in [2.45, 2.75) is 24.0 Å². The van der Waals surface area contributed by atoms with Crippen LogP contribution in [0.3, 0.4) is 0 Å². The first kappa shape index (κ1) is 13.6. The summed E-state index contributed by atoms with van der Waals surface area (Å²) in [5, 5.41) is 0. The van der Waals surface area contributed by atoms with Crippen LogP contribution in [-0.4, -0.2) is 0 Å². The van der Waals surface area contributed by atoms with Crippen molar-refractivity contribution in [1.82, 2.24) is 0 Å². The number of benzene rings is 2. The number of fused-ring (bicyclic) bond motifs is 2. The van der Waals surface area contributed by atoms with Crippen molar-refractivity contribution in [3.63, 3.8) is 0 Å². The molecular weight excluding hydrogens is 286 g/mol. The van der Waals surface area contributed by atoms with Gasteiger partial charge in [0.25, 0.3) is 0 Å². The standard InChI is InChI=1S/C18H14F2O2/c19-15-5-1-13(2-6-15)17-9-11-18(12-10-17,22-21-17)14-3-7-16(20)8-4-14/h1-9,11H,10,12H2. The summed E-state index contributed by atoms with van der Waals surface area (Å²) in [6.07, 6.45) is 5.34. The van der Waals surface area contributed by atoms with Crippen LogP contribution in [0.25, 0.3) is 0 Å². The Kier molecular flexibility index (Phi) is 2.93. The van der Waals surface area contributed by atoms with Crippen LogP contribution in [0.2, 0.25) is 0 Å². The molecule has 22 heavy (non-hydrogen) atoms. The maximum Gasteiger partial charge on any atom is 0.147 e. The fourth-order valence-corrected chi connectivity index (χ4v) is 3.14. The molecule has 2 aliphatic heterocycles. The lowest BCUT2D eigenvalue weighted by Gasteiger charge is -2.47. The monoisotopic (exact) mass is 300 g/mol. The Morgan fingerprint density at radius 2 is 1.00 bits per heavy atom. The van der Waals surface area contributed by atoms with E-state index >= 15 is 0 Å². The summed E-state index contributed by atoms with van der Waals surface area (Å²) in [6.45, 7) is 0. The molecule has 2 atom stereocenters. The van der Waals surface area contributed by atoms with Crippen molar-refractivity contribution < 1.29 is 18.6 Å². The van der Waals surface area contributed by atoms with Gasteiger partial charge in [0.15, 0.2) is 0 Å². The van der Waals surface area contributed by atoms with E-state index in [0.717, 1.165) is 11.1 Å². The number of hydrogen-bond donors (Lipinski definition) is 0. The summed E-state index contributed by atoms with van der Waals surface area (Å²) in [5.41, 5.74) is 0.375. The predicted molar refractivity (Wildman–Crippen MR) is 76.7 cm³/mol. The quantitative estimate of drug-likeness (QED) is 0.606. The van der Waals surface area contributed by atoms with Crippen LogP contribution >= 0.6 is 0 Å². The minimum Gasteiger partial charge on any atom is -0.220 e. The number of rotatable bonds is 2. The van der Waals surface area contributed by atoms with Gasteiger partial charge < -0.3 is 0 Å². The molecule has 112 valence electrons. The van der Waals surface area contributed by atoms with Crippen molar-refractivity contribution in [3.8, 4) is 0 Å². The van der Waals surface area contributed by atoms with E-state index in [0.29, 0.717) is 12.8 Å². The molecule has 4 heteroatoms. The summed E-state index contributed by atoms with van der Waals surface area (Å²) in [5.74, 6) is -0.561. The van der Waals surface area contributed by atoms with Gasteiger partial charge in [-0.2, -0.15) is 0 Å². The largest absolute Gasteiger partial charge is 0.220 e. The molecule has 2 aromatic carbocycles. The van der Waals surface area contributed by atoms with Crippen LogP contribution in [0.1, 0.15) is 24.0 Å². The number of halogens is 2. The van der Waals surface area contributed by atoms with Gasteiger partial charge in [-0.25, -0.2) is 18.6 Å². The van der Waals surface area contributed by atoms with Crippen LogP contribution in [0.4, 0.5) is 8.78 Å². The van der Waals surface area contributed by atoms with Crippen molar-refractivity contribution in [1.29, 1.82) is 0 Å². The molecule has 2 aromatic rings. The third-order valence-electron chi connectivity index (χ3n) is 4.49. The van der Waals surface area contributed by atoms with Crippen LogP contribution in [0, 0.1) is 11.6 Å². The second-order valence-corrected chi connectivity index (χ2v) is 5.79. The molecule has 1 saturated heterocycles. The molecule has 2 bridgehead atoms. The fraction of sp³-hybridized carbons (Fsp3) is 0.222. The SMILES string of the molecule is Fc1ccc(C23C=CC(c4ccc(F)cc4)(CC2)OO3)cc1. The molecule has 0 radical (unpaired) electrons. The van der Waals surface area contributed by atoms with E-state index in [1.54, 1.807) is 24.3 Å². The summed E-state index contributed by atoms with van der Waals surface area (Å²) in [4.78, 5) is 11.4. The van der Waals surface area contributed by atoms with Crippen molar-refractivity contribution >= 4 is 0 Å². The zero-order valence-electron chi connectivity index (χ0n) is 11.8. The van der Waals surface area contributed by atoms with Crippen molar-refractivity contribution in [2.24, 2.45) is 0 Å². The van der Waals surface area contributed by atoms with Crippen LogP contribution in [0.5, 0.6) is 0 Å². The maximum atomic E-state index is 13.1. The minimum atomic E-state index is -0.671. The normalized spacial score (nSPS) is 29.7. The Balaban J connectivity index is 1.70. The minimum absolute atomic E-state index is 0.280. The highest BCUT2D eigenvalue weighted by molar-refractivity contribution is 5.37. The Hall–Kier alpha value is -2.04. The van der Waals surface area contributed by atoms with Crippen LogP contribution < -0.4 is 0 Å². The van der Waals surface area contributed by atoms with Gasteiger partial charge in [-0.3, -0.25) is 0 Å². The molecule has 1 fully saturated rings. The van der Waals surface area contributed by atoms with Crippen molar-refractivity contribution in [3.05, 3.63) is 83.4 Å². The van der Waals surface area contributed by atoms with Gasteiger partial charge in [0, 0.05) is 0 Å². The second kappa shape index (κ2) is 4.73. The smallest absolute Gasteiger partial charge is 0.147 e. The lowest BCUT2D eigenvalue weighted by molar-refractivity contribution is -0.437. The van der Waals surface area contributed by atoms with Gasteiger partial charge in [-0.05, 0) is 60.4 Å². The molecule has 1 aliphatic carbocycles. The average molecular weight is 300 g/mol. The van der Waals surface area contributed by atoms with Crippen LogP contribution in [0.15, 0.2) is 60.7 Å². The molecule has 0 spiro atoms. The van der Waals surface area contributed by atoms with E-state index in [1.807, 2.05) is 12.2 Å². The molecule has 0 N–H and O–H groups in total. The van der Waals surface area contributed by atoms with Gasteiger partial charge >= 0.3 is 0 Å². The van der Waals surface area contributed by atoms with Gasteiger partial charge in [0.1, 0.15) is 22.8 Å². The molecule has 3 aliphatic rings. The van der Waals surface area contributed by atoms with Gasteiger partial charge in [-0.1, -0.05) is 24.3 Å². The predicted octanol–water partition coefficient (Wildman–Crippen LogP) is 4.37. The third-order valence-corrected chi connectivity index (χ3v) is 4.49. The average Bonchev–Trinajstić information content (AvgIpc) is 2.57. The molecule has 2 nitrogen and oxygen atoms in total. The number of hydrogen-bond acceptors (Lipinski definition) is 2. The van der Waals surface area contributed by atoms with Crippen molar-refractivity contribution in [2.75, 3.05) is 0 Å². The Morgan fingerprint density at radius 3 is 1.27 bits per heavy atom. The Labute approximate surface area is 126 Å². The molecule has 2 unspecified atom stereocenters. The molecule has 5 rings (SSSR count). The summed E-state index contributed by atoms with van der Waals surface area (Å²) in [6, 6.07) is 12.5. The first-order chi connectivity index (χ1) is 10.6. The summed E-state index contributed by atoms with van der Waals surface area (Å²) >= 11 is 0. The van der Waals surface area contributed by atoms with E-state index in [-0.39, 0.29) is 11.6 Å². The zero-order chi connectivity index (χ0) is 15.2. The Morgan fingerprint density at radius 1 is 0.636 bits per heavy atom. The maximum absolute atomic E-state index is 13.1. The fourth-order valence-electron chi connectivity index (χ4n) is 3.14. The van der Waals surface area contributed by atoms with E-state index in [2.05, 4.69) is 0 Å². The highest BCUT2D eigenvalue weighted by Crippen LogP contribution is 2.51. The molecule has 0 aromatic heterocycles. The third kappa shape index (κ3) is 1.99. The first-order valence-electron chi connectivity index (χ1n) is 7.21. The zero-order valence-corrected chi connectivity index (χ0v) is 11.8. The van der Waals surface area contributed by atoms with E-state index in [4.69, 9.17) is 9.78 Å².